The van der Waals surface area contributed by atoms with Crippen molar-refractivity contribution in [2.24, 2.45) is 5.92 Å². The molecule has 1 heterocycles. The van der Waals surface area contributed by atoms with Crippen LogP contribution in [0.1, 0.15) is 38.5 Å². The molecule has 2 fully saturated rings. The minimum atomic E-state index is -0.0978. The van der Waals surface area contributed by atoms with E-state index in [0.29, 0.717) is 12.0 Å². The summed E-state index contributed by atoms with van der Waals surface area (Å²) in [5.74, 6) is 3.13. The van der Waals surface area contributed by atoms with Crippen molar-refractivity contribution in [1.82, 2.24) is 5.32 Å². The van der Waals surface area contributed by atoms with Crippen molar-refractivity contribution in [2.45, 2.75) is 50.7 Å². The van der Waals surface area contributed by atoms with Crippen LogP contribution in [0.5, 0.6) is 0 Å². The van der Waals surface area contributed by atoms with Gasteiger partial charge in [-0.3, -0.25) is 0 Å². The first-order chi connectivity index (χ1) is 7.36. The van der Waals surface area contributed by atoms with Crippen molar-refractivity contribution < 1.29 is 5.11 Å². The molecule has 0 radical (unpaired) electrons. The maximum atomic E-state index is 10.0. The van der Waals surface area contributed by atoms with Gasteiger partial charge in [-0.15, -0.1) is 0 Å². The van der Waals surface area contributed by atoms with E-state index in [9.17, 15) is 5.11 Å². The van der Waals surface area contributed by atoms with E-state index in [-0.39, 0.29) is 6.10 Å². The standard InChI is InChI=1S/C12H23NOS/c14-12(10-4-1-2-5-10)8-13-11-6-3-7-15-9-11/h10-14H,1-9H2. The van der Waals surface area contributed by atoms with Gasteiger partial charge < -0.3 is 10.4 Å². The van der Waals surface area contributed by atoms with Gasteiger partial charge in [0.2, 0.25) is 0 Å². The van der Waals surface area contributed by atoms with Crippen molar-refractivity contribution >= 4 is 11.8 Å². The zero-order chi connectivity index (χ0) is 10.5. The Hall–Kier alpha value is 0.270. The van der Waals surface area contributed by atoms with E-state index in [2.05, 4.69) is 5.32 Å². The first-order valence-corrected chi connectivity index (χ1v) is 7.51. The van der Waals surface area contributed by atoms with Crippen molar-refractivity contribution in [3.63, 3.8) is 0 Å². The van der Waals surface area contributed by atoms with Crippen molar-refractivity contribution in [3.8, 4) is 0 Å². The Balaban J connectivity index is 1.63. The summed E-state index contributed by atoms with van der Waals surface area (Å²) in [6, 6.07) is 0.653. The molecule has 0 bridgehead atoms. The minimum absolute atomic E-state index is 0.0978. The van der Waals surface area contributed by atoms with E-state index in [1.54, 1.807) is 0 Å². The van der Waals surface area contributed by atoms with Crippen LogP contribution in [0.3, 0.4) is 0 Å². The SMILES string of the molecule is OC(CNC1CCCSC1)C1CCCC1. The molecule has 2 nitrogen and oxygen atoms in total. The quantitative estimate of drug-likeness (QED) is 0.773. The van der Waals surface area contributed by atoms with Gasteiger partial charge in [0.1, 0.15) is 0 Å². The maximum absolute atomic E-state index is 10.0. The fourth-order valence-electron chi connectivity index (χ4n) is 2.70. The fraction of sp³-hybridized carbons (Fsp3) is 1.00. The Labute approximate surface area is 97.2 Å². The van der Waals surface area contributed by atoms with Gasteiger partial charge in [-0.05, 0) is 37.4 Å². The van der Waals surface area contributed by atoms with Crippen LogP contribution in [0.25, 0.3) is 0 Å². The molecule has 2 aliphatic rings. The monoisotopic (exact) mass is 229 g/mol. The molecule has 0 aromatic carbocycles. The molecule has 3 heteroatoms. The summed E-state index contributed by atoms with van der Waals surface area (Å²) < 4.78 is 0. The van der Waals surface area contributed by atoms with Crippen molar-refractivity contribution in [1.29, 1.82) is 0 Å². The number of aliphatic hydroxyl groups excluding tert-OH is 1. The fourth-order valence-corrected chi connectivity index (χ4v) is 3.80. The average molecular weight is 229 g/mol. The number of thioether (sulfide) groups is 1. The lowest BCUT2D eigenvalue weighted by atomic mass is 10.0. The molecule has 0 amide bonds. The zero-order valence-corrected chi connectivity index (χ0v) is 10.3. The van der Waals surface area contributed by atoms with E-state index in [4.69, 9.17) is 0 Å². The largest absolute Gasteiger partial charge is 0.392 e. The minimum Gasteiger partial charge on any atom is -0.392 e. The second kappa shape index (κ2) is 6.12. The van der Waals surface area contributed by atoms with Crippen LogP contribution in [0, 0.1) is 5.92 Å². The summed E-state index contributed by atoms with van der Waals surface area (Å²) in [5, 5.41) is 13.5. The molecule has 0 aromatic heterocycles. The number of hydrogen-bond acceptors (Lipinski definition) is 3. The Bertz CT molecular complexity index is 176. The van der Waals surface area contributed by atoms with Gasteiger partial charge in [-0.25, -0.2) is 0 Å². The third-order valence-electron chi connectivity index (χ3n) is 3.72. The molecule has 1 saturated heterocycles. The summed E-state index contributed by atoms with van der Waals surface area (Å²) in [5.41, 5.74) is 0. The number of rotatable bonds is 4. The molecule has 1 aliphatic carbocycles. The molecule has 88 valence electrons. The Morgan fingerprint density at radius 2 is 2.00 bits per heavy atom. The normalized spacial score (nSPS) is 30.6. The lowest BCUT2D eigenvalue weighted by Gasteiger charge is -2.25. The molecule has 2 atom stereocenters. The number of nitrogens with one attached hydrogen (secondary N) is 1. The highest BCUT2D eigenvalue weighted by atomic mass is 32.2. The van der Waals surface area contributed by atoms with Gasteiger partial charge in [0.05, 0.1) is 6.10 Å². The predicted molar refractivity (Wildman–Crippen MR) is 66.3 cm³/mol. The van der Waals surface area contributed by atoms with E-state index in [0.717, 1.165) is 6.54 Å². The Morgan fingerprint density at radius 1 is 1.20 bits per heavy atom. The maximum Gasteiger partial charge on any atom is 0.0692 e. The lowest BCUT2D eigenvalue weighted by molar-refractivity contribution is 0.106. The molecule has 2 N–H and O–H groups in total. The highest BCUT2D eigenvalue weighted by Crippen LogP contribution is 2.27. The third kappa shape index (κ3) is 3.65. The first-order valence-electron chi connectivity index (χ1n) is 6.35. The van der Waals surface area contributed by atoms with Crippen molar-refractivity contribution in [3.05, 3.63) is 0 Å². The Morgan fingerprint density at radius 3 is 2.67 bits per heavy atom. The average Bonchev–Trinajstić information content (AvgIpc) is 2.81. The van der Waals surface area contributed by atoms with Crippen LogP contribution < -0.4 is 5.32 Å². The van der Waals surface area contributed by atoms with Crippen LogP contribution >= 0.6 is 11.8 Å². The smallest absolute Gasteiger partial charge is 0.0692 e. The summed E-state index contributed by atoms with van der Waals surface area (Å²) in [6.07, 6.45) is 7.65. The van der Waals surface area contributed by atoms with Gasteiger partial charge in [-0.1, -0.05) is 12.8 Å². The predicted octanol–water partition coefficient (Wildman–Crippen LogP) is 2.02. The second-order valence-electron chi connectivity index (χ2n) is 4.93. The summed E-state index contributed by atoms with van der Waals surface area (Å²) in [4.78, 5) is 0. The molecule has 0 spiro atoms. The van der Waals surface area contributed by atoms with Crippen LogP contribution in [0.2, 0.25) is 0 Å². The highest BCUT2D eigenvalue weighted by molar-refractivity contribution is 7.99. The van der Waals surface area contributed by atoms with Gasteiger partial charge >= 0.3 is 0 Å². The Kier molecular flexibility index (Phi) is 4.79. The lowest BCUT2D eigenvalue weighted by Crippen LogP contribution is -2.40. The van der Waals surface area contributed by atoms with Crippen LogP contribution in [-0.4, -0.2) is 35.3 Å². The van der Waals surface area contributed by atoms with Gasteiger partial charge in [0, 0.05) is 18.3 Å². The molecule has 0 aromatic rings. The van der Waals surface area contributed by atoms with Crippen molar-refractivity contribution in [2.75, 3.05) is 18.1 Å². The van der Waals surface area contributed by atoms with Crippen LogP contribution in [0.15, 0.2) is 0 Å². The summed E-state index contributed by atoms with van der Waals surface area (Å²) in [7, 11) is 0. The third-order valence-corrected chi connectivity index (χ3v) is 4.94. The number of aliphatic hydroxyl groups is 1. The molecular weight excluding hydrogens is 206 g/mol. The molecule has 1 saturated carbocycles. The van der Waals surface area contributed by atoms with E-state index >= 15 is 0 Å². The zero-order valence-electron chi connectivity index (χ0n) is 9.45. The molecule has 2 rings (SSSR count). The first kappa shape index (κ1) is 11.7. The topological polar surface area (TPSA) is 32.3 Å². The summed E-state index contributed by atoms with van der Waals surface area (Å²) >= 11 is 2.04. The molecule has 1 aliphatic heterocycles. The second-order valence-corrected chi connectivity index (χ2v) is 6.08. The summed E-state index contributed by atoms with van der Waals surface area (Å²) in [6.45, 7) is 0.815. The van der Waals surface area contributed by atoms with Crippen LogP contribution in [-0.2, 0) is 0 Å². The van der Waals surface area contributed by atoms with Gasteiger partial charge in [0.25, 0.3) is 0 Å². The molecule has 2 unspecified atom stereocenters. The van der Waals surface area contributed by atoms with E-state index in [1.165, 1.54) is 50.0 Å². The highest BCUT2D eigenvalue weighted by Gasteiger charge is 2.23. The van der Waals surface area contributed by atoms with Gasteiger partial charge in [0.15, 0.2) is 0 Å². The van der Waals surface area contributed by atoms with E-state index < -0.39 is 0 Å². The van der Waals surface area contributed by atoms with Gasteiger partial charge in [-0.2, -0.15) is 11.8 Å². The molecular formula is C12H23NOS. The number of hydrogen-bond donors (Lipinski definition) is 2. The van der Waals surface area contributed by atoms with E-state index in [1.807, 2.05) is 11.8 Å². The van der Waals surface area contributed by atoms with Crippen LogP contribution in [0.4, 0.5) is 0 Å². The molecule has 15 heavy (non-hydrogen) atoms.